The van der Waals surface area contributed by atoms with Gasteiger partial charge in [0.2, 0.25) is 0 Å². The molecule has 0 N–H and O–H groups in total. The molecule has 5 heteroatoms. The third-order valence-corrected chi connectivity index (χ3v) is 6.94. The first-order valence-electron chi connectivity index (χ1n) is 9.26. The first-order chi connectivity index (χ1) is 11.7. The predicted octanol–water partition coefficient (Wildman–Crippen LogP) is 3.10. The Balaban J connectivity index is 1.29. The molecule has 132 valence electrons. The number of rotatable bonds is 5. The highest BCUT2D eigenvalue weighted by Gasteiger charge is 2.44. The zero-order chi connectivity index (χ0) is 16.6. The van der Waals surface area contributed by atoms with Crippen molar-refractivity contribution in [2.45, 2.75) is 38.1 Å². The van der Waals surface area contributed by atoms with Gasteiger partial charge in [-0.3, -0.25) is 4.79 Å². The Morgan fingerprint density at radius 3 is 2.79 bits per heavy atom. The van der Waals surface area contributed by atoms with Gasteiger partial charge in [0.1, 0.15) is 0 Å². The lowest BCUT2D eigenvalue weighted by Gasteiger charge is -2.39. The minimum Gasteiger partial charge on any atom is -0.380 e. The van der Waals surface area contributed by atoms with Crippen LogP contribution in [0, 0.1) is 11.3 Å². The number of hydrogen-bond donors (Lipinski definition) is 0. The van der Waals surface area contributed by atoms with Gasteiger partial charge in [0.05, 0.1) is 11.5 Å². The number of nitrogens with zero attached hydrogens (tertiary/aromatic N) is 2. The average Bonchev–Trinajstić information content (AvgIpc) is 3.14. The standard InChI is InChI=1S/C19H28N2O2S/c1-20-14-19(11-16(20)13-23-12-15-4-5-15)6-8-21(9-7-19)18(22)17-3-2-10-24-17/h2-3,10,15-16H,4-9,11-14H2,1H3. The fraction of sp³-hybridized carbons (Fsp3) is 0.737. The summed E-state index contributed by atoms with van der Waals surface area (Å²) in [5.74, 6) is 1.06. The van der Waals surface area contributed by atoms with Crippen LogP contribution in [0.25, 0.3) is 0 Å². The van der Waals surface area contributed by atoms with Crippen LogP contribution in [-0.4, -0.2) is 61.6 Å². The van der Waals surface area contributed by atoms with E-state index in [1.54, 1.807) is 11.3 Å². The van der Waals surface area contributed by atoms with Crippen molar-refractivity contribution < 1.29 is 9.53 Å². The molecule has 3 fully saturated rings. The molecular weight excluding hydrogens is 320 g/mol. The second-order valence-corrected chi connectivity index (χ2v) is 8.97. The number of thiophene rings is 1. The predicted molar refractivity (Wildman–Crippen MR) is 96.5 cm³/mol. The summed E-state index contributed by atoms with van der Waals surface area (Å²) >= 11 is 1.55. The highest BCUT2D eigenvalue weighted by molar-refractivity contribution is 7.12. The maximum Gasteiger partial charge on any atom is 0.263 e. The normalized spacial score (nSPS) is 27.0. The Morgan fingerprint density at radius 2 is 2.12 bits per heavy atom. The number of carbonyl (C=O) groups excluding carboxylic acids is 1. The minimum atomic E-state index is 0.218. The van der Waals surface area contributed by atoms with Crippen LogP contribution in [0.1, 0.15) is 41.8 Å². The molecule has 1 unspecified atom stereocenters. The Labute approximate surface area is 148 Å². The fourth-order valence-corrected chi connectivity index (χ4v) is 5.01. The first kappa shape index (κ1) is 16.6. The molecular formula is C19H28N2O2S. The van der Waals surface area contributed by atoms with Gasteiger partial charge < -0.3 is 14.5 Å². The minimum absolute atomic E-state index is 0.218. The highest BCUT2D eigenvalue weighted by Crippen LogP contribution is 2.43. The van der Waals surface area contributed by atoms with Gasteiger partial charge in [-0.05, 0) is 61.9 Å². The molecule has 1 spiro atoms. The largest absolute Gasteiger partial charge is 0.380 e. The molecule has 0 radical (unpaired) electrons. The van der Waals surface area contributed by atoms with E-state index < -0.39 is 0 Å². The van der Waals surface area contributed by atoms with Crippen molar-refractivity contribution in [1.29, 1.82) is 0 Å². The van der Waals surface area contributed by atoms with Crippen molar-refractivity contribution in [3.63, 3.8) is 0 Å². The van der Waals surface area contributed by atoms with Crippen LogP contribution < -0.4 is 0 Å². The van der Waals surface area contributed by atoms with Gasteiger partial charge in [-0.15, -0.1) is 11.3 Å². The molecule has 4 nitrogen and oxygen atoms in total. The van der Waals surface area contributed by atoms with Crippen molar-refractivity contribution in [2.75, 3.05) is 39.9 Å². The lowest BCUT2D eigenvalue weighted by Crippen LogP contribution is -2.43. The topological polar surface area (TPSA) is 32.8 Å². The number of amides is 1. The Hall–Kier alpha value is -0.910. The average molecular weight is 349 g/mol. The fourth-order valence-electron chi connectivity index (χ4n) is 4.32. The Kier molecular flexibility index (Phi) is 4.67. The molecule has 1 atom stereocenters. The van der Waals surface area contributed by atoms with Crippen molar-refractivity contribution in [2.24, 2.45) is 11.3 Å². The molecule has 1 aromatic heterocycles. The quantitative estimate of drug-likeness (QED) is 0.820. The molecule has 2 saturated heterocycles. The second-order valence-electron chi connectivity index (χ2n) is 8.02. The highest BCUT2D eigenvalue weighted by atomic mass is 32.1. The molecule has 3 aliphatic rings. The van der Waals surface area contributed by atoms with Gasteiger partial charge in [-0.2, -0.15) is 0 Å². The van der Waals surface area contributed by atoms with E-state index in [4.69, 9.17) is 4.74 Å². The SMILES string of the molecule is CN1CC2(CCN(C(=O)c3cccs3)CC2)CC1COCC1CC1. The third-order valence-electron chi connectivity index (χ3n) is 6.08. The van der Waals surface area contributed by atoms with E-state index in [1.165, 1.54) is 19.3 Å². The van der Waals surface area contributed by atoms with E-state index >= 15 is 0 Å². The maximum atomic E-state index is 12.5. The summed E-state index contributed by atoms with van der Waals surface area (Å²) in [5.41, 5.74) is 0.397. The maximum absolute atomic E-state index is 12.5. The monoisotopic (exact) mass is 348 g/mol. The number of carbonyl (C=O) groups is 1. The summed E-state index contributed by atoms with van der Waals surface area (Å²) < 4.78 is 5.95. The number of piperidine rings is 1. The van der Waals surface area contributed by atoms with E-state index in [0.29, 0.717) is 11.5 Å². The van der Waals surface area contributed by atoms with Crippen molar-refractivity contribution in [1.82, 2.24) is 9.80 Å². The molecule has 24 heavy (non-hydrogen) atoms. The molecule has 1 aliphatic carbocycles. The van der Waals surface area contributed by atoms with Crippen LogP contribution in [0.3, 0.4) is 0 Å². The van der Waals surface area contributed by atoms with Crippen LogP contribution in [-0.2, 0) is 4.74 Å². The molecule has 0 bridgehead atoms. The van der Waals surface area contributed by atoms with E-state index in [0.717, 1.165) is 56.5 Å². The number of likely N-dealkylation sites (tertiary alicyclic amines) is 2. The lowest BCUT2D eigenvalue weighted by molar-refractivity contribution is 0.0592. The Morgan fingerprint density at radius 1 is 1.33 bits per heavy atom. The van der Waals surface area contributed by atoms with Crippen LogP contribution in [0.15, 0.2) is 17.5 Å². The molecule has 4 rings (SSSR count). The summed E-state index contributed by atoms with van der Waals surface area (Å²) in [7, 11) is 2.24. The van der Waals surface area contributed by atoms with Gasteiger partial charge in [0.15, 0.2) is 0 Å². The Bertz CT molecular complexity index is 562. The van der Waals surface area contributed by atoms with Gasteiger partial charge >= 0.3 is 0 Å². The van der Waals surface area contributed by atoms with Crippen LogP contribution in [0.5, 0.6) is 0 Å². The van der Waals surface area contributed by atoms with E-state index in [-0.39, 0.29) is 5.91 Å². The van der Waals surface area contributed by atoms with E-state index in [1.807, 2.05) is 22.4 Å². The summed E-state index contributed by atoms with van der Waals surface area (Å²) in [4.78, 5) is 17.9. The van der Waals surface area contributed by atoms with Crippen LogP contribution >= 0.6 is 11.3 Å². The summed E-state index contributed by atoms with van der Waals surface area (Å²) in [6.45, 7) is 4.80. The summed E-state index contributed by atoms with van der Waals surface area (Å²) in [6, 6.07) is 4.46. The number of likely N-dealkylation sites (N-methyl/N-ethyl adjacent to an activating group) is 1. The smallest absolute Gasteiger partial charge is 0.263 e. The molecule has 2 aliphatic heterocycles. The molecule has 3 heterocycles. The summed E-state index contributed by atoms with van der Waals surface area (Å²) in [6.07, 6.45) is 6.22. The molecule has 1 aromatic rings. The molecule has 1 saturated carbocycles. The van der Waals surface area contributed by atoms with Gasteiger partial charge in [0.25, 0.3) is 5.91 Å². The molecule has 0 aromatic carbocycles. The zero-order valence-corrected chi connectivity index (χ0v) is 15.4. The number of hydrogen-bond acceptors (Lipinski definition) is 4. The second kappa shape index (κ2) is 6.77. The van der Waals surface area contributed by atoms with Crippen molar-refractivity contribution in [3.8, 4) is 0 Å². The summed E-state index contributed by atoms with van der Waals surface area (Å²) in [5, 5.41) is 1.98. The van der Waals surface area contributed by atoms with Gasteiger partial charge in [-0.1, -0.05) is 6.07 Å². The van der Waals surface area contributed by atoms with Gasteiger partial charge in [-0.25, -0.2) is 0 Å². The van der Waals surface area contributed by atoms with E-state index in [2.05, 4.69) is 11.9 Å². The van der Waals surface area contributed by atoms with E-state index in [9.17, 15) is 4.79 Å². The van der Waals surface area contributed by atoms with Crippen LogP contribution in [0.2, 0.25) is 0 Å². The van der Waals surface area contributed by atoms with Crippen molar-refractivity contribution in [3.05, 3.63) is 22.4 Å². The molecule has 1 amide bonds. The van der Waals surface area contributed by atoms with Gasteiger partial charge in [0, 0.05) is 32.3 Å². The number of ether oxygens (including phenoxy) is 1. The van der Waals surface area contributed by atoms with Crippen molar-refractivity contribution >= 4 is 17.2 Å². The van der Waals surface area contributed by atoms with Crippen LogP contribution in [0.4, 0.5) is 0 Å². The third kappa shape index (κ3) is 3.53. The first-order valence-corrected chi connectivity index (χ1v) is 10.1. The zero-order valence-electron chi connectivity index (χ0n) is 14.6. The lowest BCUT2D eigenvalue weighted by atomic mass is 9.76.